The average Bonchev–Trinajstić information content (AvgIpc) is 3.08. The van der Waals surface area contributed by atoms with Crippen LogP contribution in [0.2, 0.25) is 0 Å². The number of anilines is 1. The lowest BCUT2D eigenvalue weighted by Crippen LogP contribution is -2.26. The molecule has 0 radical (unpaired) electrons. The van der Waals surface area contributed by atoms with Gasteiger partial charge in [-0.15, -0.1) is 11.8 Å². The minimum atomic E-state index is -4.71. The Balaban J connectivity index is 1.80. The summed E-state index contributed by atoms with van der Waals surface area (Å²) in [5.41, 5.74) is 3.43. The van der Waals surface area contributed by atoms with Crippen molar-refractivity contribution < 1.29 is 22.0 Å². The van der Waals surface area contributed by atoms with E-state index >= 15 is 0 Å². The predicted octanol–water partition coefficient (Wildman–Crippen LogP) is 3.75. The number of rotatable bonds is 4. The summed E-state index contributed by atoms with van der Waals surface area (Å²) < 4.78 is 66.1. The van der Waals surface area contributed by atoms with E-state index in [1.54, 1.807) is 11.0 Å². The molecule has 3 rings (SSSR count). The molecule has 1 saturated heterocycles. The molecule has 0 aliphatic carbocycles. The number of hydrogen-bond donors (Lipinski definition) is 1. The van der Waals surface area contributed by atoms with Crippen LogP contribution in [0.4, 0.5) is 27.8 Å². The zero-order valence-corrected chi connectivity index (χ0v) is 15.1. The lowest BCUT2D eigenvalue weighted by molar-refractivity contribution is -0.141. The molecule has 1 aromatic carbocycles. The van der Waals surface area contributed by atoms with Gasteiger partial charge in [-0.05, 0) is 12.5 Å². The first-order valence-electron chi connectivity index (χ1n) is 8.12. The second kappa shape index (κ2) is 7.52. The number of hydrogen-bond acceptors (Lipinski definition) is 6. The average molecular weight is 415 g/mol. The normalized spacial score (nSPS) is 17.6. The van der Waals surface area contributed by atoms with Gasteiger partial charge in [0, 0.05) is 29.3 Å². The molecule has 5 nitrogen and oxygen atoms in total. The van der Waals surface area contributed by atoms with Crippen molar-refractivity contribution >= 4 is 17.6 Å². The van der Waals surface area contributed by atoms with E-state index in [0.29, 0.717) is 17.9 Å². The van der Waals surface area contributed by atoms with E-state index < -0.39 is 23.7 Å². The fourth-order valence-corrected chi connectivity index (χ4v) is 4.17. The number of aromatic nitrogens is 2. The molecule has 2 aromatic rings. The summed E-state index contributed by atoms with van der Waals surface area (Å²) in [4.78, 5) is 8.94. The first-order valence-corrected chi connectivity index (χ1v) is 9.00. The molecule has 2 heterocycles. The number of benzene rings is 1. The van der Waals surface area contributed by atoms with E-state index in [4.69, 9.17) is 11.0 Å². The Morgan fingerprint density at radius 1 is 1.18 bits per heavy atom. The van der Waals surface area contributed by atoms with Gasteiger partial charge in [0.05, 0.1) is 5.56 Å². The summed E-state index contributed by atoms with van der Waals surface area (Å²) in [6.07, 6.45) is -4.16. The Kier molecular flexibility index (Phi) is 5.45. The quantitative estimate of drug-likeness (QED) is 0.605. The fourth-order valence-electron chi connectivity index (χ4n) is 2.85. The van der Waals surface area contributed by atoms with Crippen LogP contribution in [0, 0.1) is 11.3 Å². The van der Waals surface area contributed by atoms with Gasteiger partial charge in [-0.1, -0.05) is 18.2 Å². The van der Waals surface area contributed by atoms with E-state index in [0.717, 1.165) is 6.07 Å². The van der Waals surface area contributed by atoms with Gasteiger partial charge in [0.2, 0.25) is 5.82 Å². The smallest absolute Gasteiger partial charge is 0.355 e. The van der Waals surface area contributed by atoms with Gasteiger partial charge in [-0.25, -0.2) is 9.97 Å². The lowest BCUT2D eigenvalue weighted by Gasteiger charge is -2.20. The SMILES string of the molecule is N#Cc1nc(N2CCC(Sc3ccccc3C(N)(F)F)C2)cc(C(F)(F)F)n1. The summed E-state index contributed by atoms with van der Waals surface area (Å²) in [6.45, 7) is 0.659. The Morgan fingerprint density at radius 2 is 1.89 bits per heavy atom. The maximum Gasteiger partial charge on any atom is 0.433 e. The van der Waals surface area contributed by atoms with Gasteiger partial charge in [-0.3, -0.25) is 5.73 Å². The predicted molar refractivity (Wildman–Crippen MR) is 92.7 cm³/mol. The summed E-state index contributed by atoms with van der Waals surface area (Å²) in [7, 11) is 0. The lowest BCUT2D eigenvalue weighted by atomic mass is 10.2. The monoisotopic (exact) mass is 415 g/mol. The highest BCUT2D eigenvalue weighted by atomic mass is 32.2. The zero-order valence-electron chi connectivity index (χ0n) is 14.2. The molecule has 1 aliphatic rings. The van der Waals surface area contributed by atoms with Crippen LogP contribution in [0.15, 0.2) is 35.2 Å². The van der Waals surface area contributed by atoms with E-state index in [9.17, 15) is 22.0 Å². The second-order valence-corrected chi connectivity index (χ2v) is 7.48. The Hall–Kier alpha value is -2.45. The molecule has 28 heavy (non-hydrogen) atoms. The fraction of sp³-hybridized carbons (Fsp3) is 0.353. The van der Waals surface area contributed by atoms with Gasteiger partial charge in [0.1, 0.15) is 11.9 Å². The van der Waals surface area contributed by atoms with Crippen LogP contribution in [0.25, 0.3) is 0 Å². The molecular weight excluding hydrogens is 401 g/mol. The topological polar surface area (TPSA) is 78.8 Å². The van der Waals surface area contributed by atoms with Crippen LogP contribution >= 0.6 is 11.8 Å². The van der Waals surface area contributed by atoms with Crippen molar-refractivity contribution in [2.75, 3.05) is 18.0 Å². The van der Waals surface area contributed by atoms with E-state index in [1.165, 1.54) is 36.0 Å². The van der Waals surface area contributed by atoms with Crippen molar-refractivity contribution in [3.05, 3.63) is 47.4 Å². The summed E-state index contributed by atoms with van der Waals surface area (Å²) >= 11 is 1.19. The Labute approximate surface area is 161 Å². The maximum absolute atomic E-state index is 13.6. The highest BCUT2D eigenvalue weighted by molar-refractivity contribution is 8.00. The van der Waals surface area contributed by atoms with Gasteiger partial charge in [0.15, 0.2) is 5.69 Å². The summed E-state index contributed by atoms with van der Waals surface area (Å²) in [5, 5.41) is 8.75. The van der Waals surface area contributed by atoms with Gasteiger partial charge < -0.3 is 4.90 Å². The molecule has 0 amide bonds. The largest absolute Gasteiger partial charge is 0.433 e. The highest BCUT2D eigenvalue weighted by Gasteiger charge is 2.35. The highest BCUT2D eigenvalue weighted by Crippen LogP contribution is 2.38. The minimum Gasteiger partial charge on any atom is -0.355 e. The van der Waals surface area contributed by atoms with Crippen LogP contribution in [-0.4, -0.2) is 28.3 Å². The number of halogens is 5. The molecule has 1 aromatic heterocycles. The number of alkyl halides is 5. The van der Waals surface area contributed by atoms with Crippen LogP contribution in [-0.2, 0) is 12.2 Å². The molecule has 1 aliphatic heterocycles. The third kappa shape index (κ3) is 4.51. The first kappa shape index (κ1) is 20.3. The van der Waals surface area contributed by atoms with Crippen molar-refractivity contribution in [2.45, 2.75) is 28.8 Å². The van der Waals surface area contributed by atoms with Crippen molar-refractivity contribution in [2.24, 2.45) is 5.73 Å². The van der Waals surface area contributed by atoms with Crippen LogP contribution in [0.1, 0.15) is 23.5 Å². The number of nitrogens with zero attached hydrogens (tertiary/aromatic N) is 4. The molecule has 1 unspecified atom stereocenters. The van der Waals surface area contributed by atoms with Gasteiger partial charge in [-0.2, -0.15) is 27.2 Å². The van der Waals surface area contributed by atoms with Crippen molar-refractivity contribution in [3.8, 4) is 6.07 Å². The van der Waals surface area contributed by atoms with Crippen molar-refractivity contribution in [1.82, 2.24) is 9.97 Å². The number of thioether (sulfide) groups is 1. The summed E-state index contributed by atoms with van der Waals surface area (Å²) in [5.74, 6) is -0.589. The number of nitriles is 1. The van der Waals surface area contributed by atoms with Crippen LogP contribution in [0.5, 0.6) is 0 Å². The standard InChI is InChI=1S/C17H14F5N5S/c18-16(19,20)13-7-15(26-14(8-23)25-13)27-6-5-10(9-27)28-12-4-2-1-3-11(12)17(21,22)24/h1-4,7,10H,5-6,9,24H2. The van der Waals surface area contributed by atoms with Crippen molar-refractivity contribution in [3.63, 3.8) is 0 Å². The summed E-state index contributed by atoms with van der Waals surface area (Å²) in [6, 6.07) is 4.68. The third-order valence-electron chi connectivity index (χ3n) is 4.11. The molecular formula is C17H14F5N5S. The third-order valence-corrected chi connectivity index (χ3v) is 5.44. The van der Waals surface area contributed by atoms with Crippen molar-refractivity contribution in [1.29, 1.82) is 5.26 Å². The molecule has 1 fully saturated rings. The van der Waals surface area contributed by atoms with Crippen LogP contribution < -0.4 is 10.6 Å². The molecule has 0 saturated carbocycles. The van der Waals surface area contributed by atoms with E-state index in [2.05, 4.69) is 9.97 Å². The zero-order chi connectivity index (χ0) is 20.5. The second-order valence-electron chi connectivity index (χ2n) is 6.14. The first-order chi connectivity index (χ1) is 13.1. The minimum absolute atomic E-state index is 0.0144. The molecule has 0 bridgehead atoms. The molecule has 2 N–H and O–H groups in total. The molecule has 11 heteroatoms. The van der Waals surface area contributed by atoms with E-state index in [1.807, 2.05) is 0 Å². The Morgan fingerprint density at radius 3 is 2.54 bits per heavy atom. The Bertz CT molecular complexity index is 906. The molecule has 0 spiro atoms. The molecule has 1 atom stereocenters. The van der Waals surface area contributed by atoms with Crippen LogP contribution in [0.3, 0.4) is 0 Å². The number of nitrogens with two attached hydrogens (primary N) is 1. The molecule has 148 valence electrons. The van der Waals surface area contributed by atoms with Gasteiger partial charge in [0.25, 0.3) is 0 Å². The van der Waals surface area contributed by atoms with Gasteiger partial charge >= 0.3 is 12.2 Å². The van der Waals surface area contributed by atoms with E-state index in [-0.39, 0.29) is 23.2 Å². The maximum atomic E-state index is 13.6.